The van der Waals surface area contributed by atoms with E-state index in [4.69, 9.17) is 4.74 Å². The van der Waals surface area contributed by atoms with E-state index in [0.717, 1.165) is 0 Å². The molecule has 0 unspecified atom stereocenters. The molecule has 1 saturated heterocycles. The van der Waals surface area contributed by atoms with Crippen LogP contribution in [0.3, 0.4) is 0 Å². The normalized spacial score (nSPS) is 14.5. The third-order valence-electron chi connectivity index (χ3n) is 3.41. The number of carboxylic acids is 1. The number of carboxylic acid groups (broad SMARTS) is 1. The molecule has 7 nitrogen and oxygen atoms in total. The summed E-state index contributed by atoms with van der Waals surface area (Å²) in [5.41, 5.74) is 0.425. The van der Waals surface area contributed by atoms with Crippen LogP contribution in [0.5, 0.6) is 0 Å². The van der Waals surface area contributed by atoms with Crippen LogP contribution in [-0.2, 0) is 4.74 Å². The standard InChI is InChI=1S/C15H15N3O4S/c19-14(12-2-1-7-23-12)17-10-8-11(15(20)21)13(16-9-10)18-3-5-22-6-4-18/h1-2,7-9H,3-6H2,(H,17,19)(H,20,21). The van der Waals surface area contributed by atoms with E-state index in [1.807, 2.05) is 4.90 Å². The fourth-order valence-corrected chi connectivity index (χ4v) is 2.93. The Morgan fingerprint density at radius 3 is 2.78 bits per heavy atom. The van der Waals surface area contributed by atoms with Crippen LogP contribution in [0.1, 0.15) is 20.0 Å². The van der Waals surface area contributed by atoms with Crippen molar-refractivity contribution in [2.75, 3.05) is 36.5 Å². The molecule has 2 aromatic rings. The highest BCUT2D eigenvalue weighted by atomic mass is 32.1. The number of ether oxygens (including phenoxy) is 1. The zero-order valence-corrected chi connectivity index (χ0v) is 13.0. The summed E-state index contributed by atoms with van der Waals surface area (Å²) in [5, 5.41) is 13.9. The first kappa shape index (κ1) is 15.4. The van der Waals surface area contributed by atoms with Crippen LogP contribution in [0, 0.1) is 0 Å². The van der Waals surface area contributed by atoms with Gasteiger partial charge in [-0.2, -0.15) is 0 Å². The molecule has 1 amide bonds. The maximum Gasteiger partial charge on any atom is 0.339 e. The predicted molar refractivity (Wildman–Crippen MR) is 86.5 cm³/mol. The van der Waals surface area contributed by atoms with Crippen molar-refractivity contribution in [3.63, 3.8) is 0 Å². The molecule has 3 rings (SSSR count). The lowest BCUT2D eigenvalue weighted by Gasteiger charge is -2.28. The second kappa shape index (κ2) is 6.76. The molecule has 2 N–H and O–H groups in total. The minimum Gasteiger partial charge on any atom is -0.478 e. The van der Waals surface area contributed by atoms with Crippen molar-refractivity contribution in [1.82, 2.24) is 4.98 Å². The number of rotatable bonds is 4. The number of anilines is 2. The number of amides is 1. The number of hydrogen-bond donors (Lipinski definition) is 2. The molecule has 0 saturated carbocycles. The Kier molecular flexibility index (Phi) is 4.54. The molecular formula is C15H15N3O4S. The van der Waals surface area contributed by atoms with E-state index >= 15 is 0 Å². The number of carbonyl (C=O) groups is 2. The molecule has 3 heterocycles. The zero-order valence-electron chi connectivity index (χ0n) is 12.2. The Bertz CT molecular complexity index is 712. The summed E-state index contributed by atoms with van der Waals surface area (Å²) in [6.45, 7) is 2.26. The van der Waals surface area contributed by atoms with Gasteiger partial charge in [-0.3, -0.25) is 4.79 Å². The average molecular weight is 333 g/mol. The van der Waals surface area contributed by atoms with Crippen molar-refractivity contribution in [3.05, 3.63) is 40.2 Å². The maximum atomic E-state index is 12.0. The smallest absolute Gasteiger partial charge is 0.339 e. The van der Waals surface area contributed by atoms with Gasteiger partial charge in [-0.05, 0) is 17.5 Å². The Morgan fingerprint density at radius 2 is 2.13 bits per heavy atom. The Labute approximate surface area is 136 Å². The van der Waals surface area contributed by atoms with Crippen molar-refractivity contribution in [3.8, 4) is 0 Å². The van der Waals surface area contributed by atoms with Gasteiger partial charge in [0.2, 0.25) is 0 Å². The largest absolute Gasteiger partial charge is 0.478 e. The van der Waals surface area contributed by atoms with Crippen molar-refractivity contribution < 1.29 is 19.4 Å². The monoisotopic (exact) mass is 333 g/mol. The minimum atomic E-state index is -1.08. The molecule has 0 aromatic carbocycles. The van der Waals surface area contributed by atoms with E-state index in [1.165, 1.54) is 23.6 Å². The van der Waals surface area contributed by atoms with E-state index in [2.05, 4.69) is 10.3 Å². The first-order chi connectivity index (χ1) is 11.1. The number of nitrogens with zero attached hydrogens (tertiary/aromatic N) is 2. The number of aromatic nitrogens is 1. The van der Waals surface area contributed by atoms with Crippen LogP contribution in [0.25, 0.3) is 0 Å². The number of nitrogens with one attached hydrogen (secondary N) is 1. The third-order valence-corrected chi connectivity index (χ3v) is 4.28. The van der Waals surface area contributed by atoms with Gasteiger partial charge in [0.1, 0.15) is 11.4 Å². The number of aromatic carboxylic acids is 1. The van der Waals surface area contributed by atoms with Crippen molar-refractivity contribution in [2.45, 2.75) is 0 Å². The number of hydrogen-bond acceptors (Lipinski definition) is 6. The fourth-order valence-electron chi connectivity index (χ4n) is 2.31. The second-order valence-electron chi connectivity index (χ2n) is 4.93. The van der Waals surface area contributed by atoms with E-state index in [9.17, 15) is 14.7 Å². The number of pyridine rings is 1. The number of thiophene rings is 1. The molecular weight excluding hydrogens is 318 g/mol. The summed E-state index contributed by atoms with van der Waals surface area (Å²) in [4.78, 5) is 30.2. The van der Waals surface area contributed by atoms with Crippen molar-refractivity contribution in [1.29, 1.82) is 0 Å². The molecule has 1 aliphatic rings. The molecule has 0 aliphatic carbocycles. The van der Waals surface area contributed by atoms with E-state index in [0.29, 0.717) is 42.7 Å². The summed E-state index contributed by atoms with van der Waals surface area (Å²) < 4.78 is 5.27. The highest BCUT2D eigenvalue weighted by Crippen LogP contribution is 2.23. The van der Waals surface area contributed by atoms with Gasteiger partial charge in [-0.15, -0.1) is 11.3 Å². The van der Waals surface area contributed by atoms with Crippen LogP contribution < -0.4 is 10.2 Å². The first-order valence-electron chi connectivity index (χ1n) is 7.06. The van der Waals surface area contributed by atoms with E-state index in [1.54, 1.807) is 17.5 Å². The molecule has 0 radical (unpaired) electrons. The Hall–Kier alpha value is -2.45. The summed E-state index contributed by atoms with van der Waals surface area (Å²) in [5.74, 6) is -0.960. The van der Waals surface area contributed by atoms with Gasteiger partial charge in [-0.1, -0.05) is 6.07 Å². The van der Waals surface area contributed by atoms with Crippen LogP contribution in [-0.4, -0.2) is 48.3 Å². The van der Waals surface area contributed by atoms with E-state index in [-0.39, 0.29) is 11.5 Å². The summed E-state index contributed by atoms with van der Waals surface area (Å²) in [6.07, 6.45) is 1.47. The third kappa shape index (κ3) is 3.49. The molecule has 8 heteroatoms. The number of morpholine rings is 1. The lowest BCUT2D eigenvalue weighted by Crippen LogP contribution is -2.37. The molecule has 0 spiro atoms. The van der Waals surface area contributed by atoms with Crippen LogP contribution in [0.15, 0.2) is 29.8 Å². The van der Waals surface area contributed by atoms with Gasteiger partial charge >= 0.3 is 5.97 Å². The average Bonchev–Trinajstić information content (AvgIpc) is 3.10. The maximum absolute atomic E-state index is 12.0. The van der Waals surface area contributed by atoms with Gasteiger partial charge in [0.25, 0.3) is 5.91 Å². The Balaban J connectivity index is 1.84. The summed E-state index contributed by atoms with van der Waals surface area (Å²) in [6, 6.07) is 4.92. The van der Waals surface area contributed by atoms with Crippen LogP contribution in [0.4, 0.5) is 11.5 Å². The molecule has 1 fully saturated rings. The SMILES string of the molecule is O=C(Nc1cnc(N2CCOCC2)c(C(=O)O)c1)c1cccs1. The molecule has 2 aromatic heterocycles. The summed E-state index contributed by atoms with van der Waals surface area (Å²) >= 11 is 1.32. The van der Waals surface area contributed by atoms with Gasteiger partial charge < -0.3 is 20.1 Å². The van der Waals surface area contributed by atoms with Crippen LogP contribution in [0.2, 0.25) is 0 Å². The second-order valence-corrected chi connectivity index (χ2v) is 5.88. The van der Waals surface area contributed by atoms with Crippen molar-refractivity contribution >= 4 is 34.7 Å². The first-order valence-corrected chi connectivity index (χ1v) is 7.94. The van der Waals surface area contributed by atoms with Gasteiger partial charge in [0.05, 0.1) is 30.0 Å². The summed E-state index contributed by atoms with van der Waals surface area (Å²) in [7, 11) is 0. The van der Waals surface area contributed by atoms with Gasteiger partial charge in [0.15, 0.2) is 0 Å². The predicted octanol–water partition coefficient (Wildman–Crippen LogP) is 1.93. The van der Waals surface area contributed by atoms with E-state index < -0.39 is 5.97 Å². The molecule has 1 aliphatic heterocycles. The highest BCUT2D eigenvalue weighted by Gasteiger charge is 2.21. The quantitative estimate of drug-likeness (QED) is 0.888. The topological polar surface area (TPSA) is 91.8 Å². The Morgan fingerprint density at radius 1 is 1.35 bits per heavy atom. The lowest BCUT2D eigenvalue weighted by molar-refractivity contribution is 0.0695. The zero-order chi connectivity index (χ0) is 16.2. The molecule has 23 heavy (non-hydrogen) atoms. The highest BCUT2D eigenvalue weighted by molar-refractivity contribution is 7.12. The van der Waals surface area contributed by atoms with Crippen molar-refractivity contribution in [2.24, 2.45) is 0 Å². The molecule has 0 bridgehead atoms. The molecule has 0 atom stereocenters. The fraction of sp³-hybridized carbons (Fsp3) is 0.267. The minimum absolute atomic E-state index is 0.0656. The van der Waals surface area contributed by atoms with Gasteiger partial charge in [0, 0.05) is 13.1 Å². The van der Waals surface area contributed by atoms with Crippen LogP contribution >= 0.6 is 11.3 Å². The lowest BCUT2D eigenvalue weighted by atomic mass is 10.2. The number of carbonyl (C=O) groups excluding carboxylic acids is 1. The van der Waals surface area contributed by atoms with Gasteiger partial charge in [-0.25, -0.2) is 9.78 Å². The molecule has 120 valence electrons.